The zero-order valence-corrected chi connectivity index (χ0v) is 17.9. The highest BCUT2D eigenvalue weighted by Crippen LogP contribution is 2.17. The van der Waals surface area contributed by atoms with E-state index in [0.717, 1.165) is 16.9 Å². The molecule has 0 radical (unpaired) electrons. The monoisotopic (exact) mass is 443 g/mol. The average Bonchev–Trinajstić information content (AvgIpc) is 3.21. The highest BCUT2D eigenvalue weighted by Gasteiger charge is 2.15. The Hall–Kier alpha value is -3.37. The van der Waals surface area contributed by atoms with E-state index in [9.17, 15) is 14.0 Å². The van der Waals surface area contributed by atoms with E-state index in [-0.39, 0.29) is 35.7 Å². The largest absolute Gasteiger partial charge is 0.497 e. The van der Waals surface area contributed by atoms with Crippen LogP contribution in [0.3, 0.4) is 0 Å². The average molecular weight is 444 g/mol. The summed E-state index contributed by atoms with van der Waals surface area (Å²) in [5, 5.41) is 14.3. The van der Waals surface area contributed by atoms with E-state index in [1.54, 1.807) is 55.5 Å². The number of benzene rings is 2. The first-order chi connectivity index (χ1) is 14.9. The molecule has 0 saturated carbocycles. The minimum atomic E-state index is -0.355. The van der Waals surface area contributed by atoms with Crippen LogP contribution in [0.15, 0.2) is 48.5 Å². The summed E-state index contributed by atoms with van der Waals surface area (Å²) in [5.41, 5.74) is 1.43. The Kier molecular flexibility index (Phi) is 7.63. The topological polar surface area (TPSA) is 96.4 Å². The number of nitrogens with zero attached hydrogens (tertiary/aromatic N) is 3. The summed E-state index contributed by atoms with van der Waals surface area (Å²) in [6.07, 6.45) is 0. The van der Waals surface area contributed by atoms with Crippen molar-refractivity contribution in [2.75, 3.05) is 26.0 Å². The van der Waals surface area contributed by atoms with Crippen LogP contribution in [0, 0.1) is 5.82 Å². The van der Waals surface area contributed by atoms with E-state index in [0.29, 0.717) is 23.0 Å². The van der Waals surface area contributed by atoms with Crippen LogP contribution in [-0.2, 0) is 17.9 Å². The van der Waals surface area contributed by atoms with Crippen molar-refractivity contribution in [3.05, 3.63) is 69.9 Å². The molecule has 0 unspecified atom stereocenters. The zero-order valence-electron chi connectivity index (χ0n) is 17.1. The van der Waals surface area contributed by atoms with Gasteiger partial charge in [0, 0.05) is 18.3 Å². The van der Waals surface area contributed by atoms with Gasteiger partial charge in [-0.15, -0.1) is 10.2 Å². The van der Waals surface area contributed by atoms with Gasteiger partial charge in [0.1, 0.15) is 16.6 Å². The van der Waals surface area contributed by atoms with Crippen molar-refractivity contribution in [1.82, 2.24) is 20.4 Å². The Morgan fingerprint density at radius 2 is 1.94 bits per heavy atom. The third-order valence-electron chi connectivity index (χ3n) is 4.20. The number of anilines is 1. The number of carbonyl (C=O) groups excluding carboxylic acids is 2. The van der Waals surface area contributed by atoms with Gasteiger partial charge in [-0.3, -0.25) is 14.5 Å². The summed E-state index contributed by atoms with van der Waals surface area (Å²) < 4.78 is 18.1. The summed E-state index contributed by atoms with van der Waals surface area (Å²) in [6.45, 7) is 0.774. The summed E-state index contributed by atoms with van der Waals surface area (Å²) in [4.78, 5) is 26.3. The molecular formula is C21H22FN5O3S. The maximum atomic E-state index is 12.9. The summed E-state index contributed by atoms with van der Waals surface area (Å²) in [7, 11) is 3.34. The summed E-state index contributed by atoms with van der Waals surface area (Å²) >= 11 is 1.16. The second-order valence-electron chi connectivity index (χ2n) is 6.76. The molecule has 162 valence electrons. The van der Waals surface area contributed by atoms with Gasteiger partial charge in [-0.25, -0.2) is 4.39 Å². The van der Waals surface area contributed by atoms with Gasteiger partial charge in [0.05, 0.1) is 20.2 Å². The molecule has 10 heteroatoms. The Labute approximate surface area is 183 Å². The van der Waals surface area contributed by atoms with Crippen LogP contribution < -0.4 is 15.4 Å². The predicted octanol–water partition coefficient (Wildman–Crippen LogP) is 2.69. The highest BCUT2D eigenvalue weighted by molar-refractivity contribution is 7.13. The van der Waals surface area contributed by atoms with Crippen LogP contribution in [-0.4, -0.2) is 47.6 Å². The Balaban J connectivity index is 1.47. The molecule has 1 heterocycles. The molecule has 3 aromatic rings. The van der Waals surface area contributed by atoms with E-state index in [1.807, 2.05) is 0 Å². The number of amides is 2. The second-order valence-corrected chi connectivity index (χ2v) is 7.82. The number of carbonyl (C=O) groups is 2. The molecule has 0 aliphatic carbocycles. The van der Waals surface area contributed by atoms with Crippen molar-refractivity contribution in [3.63, 3.8) is 0 Å². The molecule has 3 rings (SSSR count). The fraction of sp³-hybridized carbons (Fsp3) is 0.238. The van der Waals surface area contributed by atoms with E-state index in [4.69, 9.17) is 4.74 Å². The molecule has 0 aliphatic heterocycles. The first-order valence-electron chi connectivity index (χ1n) is 9.40. The van der Waals surface area contributed by atoms with Crippen molar-refractivity contribution in [3.8, 4) is 5.75 Å². The molecule has 2 amide bonds. The molecule has 0 aliphatic rings. The molecule has 0 fully saturated rings. The van der Waals surface area contributed by atoms with Gasteiger partial charge in [-0.2, -0.15) is 0 Å². The Morgan fingerprint density at radius 1 is 1.16 bits per heavy atom. The number of ether oxygens (including phenoxy) is 1. The lowest BCUT2D eigenvalue weighted by Gasteiger charge is -2.14. The molecule has 1 aromatic heterocycles. The predicted molar refractivity (Wildman–Crippen MR) is 115 cm³/mol. The van der Waals surface area contributed by atoms with Crippen LogP contribution in [0.5, 0.6) is 5.75 Å². The standard InChI is InChI=1S/C21H22FN5O3S/c1-27(12-18(28)24-16-4-3-5-17(10-16)30-2)13-19-25-26-21(31-19)20(29)23-11-14-6-8-15(22)9-7-14/h3-10H,11-13H2,1-2H3,(H,23,29)(H,24,28). The lowest BCUT2D eigenvalue weighted by atomic mass is 10.2. The van der Waals surface area contributed by atoms with Gasteiger partial charge in [-0.05, 0) is 36.9 Å². The van der Waals surface area contributed by atoms with Crippen LogP contribution in [0.1, 0.15) is 20.4 Å². The zero-order chi connectivity index (χ0) is 22.2. The molecule has 0 spiro atoms. The first kappa shape index (κ1) is 22.3. The molecule has 8 nitrogen and oxygen atoms in total. The molecule has 31 heavy (non-hydrogen) atoms. The Bertz CT molecular complexity index is 1040. The van der Waals surface area contributed by atoms with Gasteiger partial charge in [0.15, 0.2) is 0 Å². The van der Waals surface area contributed by atoms with Gasteiger partial charge in [-0.1, -0.05) is 29.5 Å². The van der Waals surface area contributed by atoms with Gasteiger partial charge in [0.25, 0.3) is 5.91 Å². The smallest absolute Gasteiger partial charge is 0.282 e. The van der Waals surface area contributed by atoms with Crippen molar-refractivity contribution in [2.45, 2.75) is 13.1 Å². The van der Waals surface area contributed by atoms with Crippen molar-refractivity contribution in [1.29, 1.82) is 0 Å². The van der Waals surface area contributed by atoms with Crippen LogP contribution >= 0.6 is 11.3 Å². The number of methoxy groups -OCH3 is 1. The number of halogens is 1. The van der Waals surface area contributed by atoms with E-state index in [1.165, 1.54) is 12.1 Å². The number of nitrogens with one attached hydrogen (secondary N) is 2. The number of hydrogen-bond donors (Lipinski definition) is 2. The molecule has 0 saturated heterocycles. The van der Waals surface area contributed by atoms with Crippen LogP contribution in [0.25, 0.3) is 0 Å². The quantitative estimate of drug-likeness (QED) is 0.528. The third-order valence-corrected chi connectivity index (χ3v) is 5.11. The fourth-order valence-electron chi connectivity index (χ4n) is 2.70. The van der Waals surface area contributed by atoms with Gasteiger partial charge in [0.2, 0.25) is 10.9 Å². The second kappa shape index (κ2) is 10.6. The maximum Gasteiger partial charge on any atom is 0.282 e. The maximum absolute atomic E-state index is 12.9. The third kappa shape index (κ3) is 6.83. The summed E-state index contributed by atoms with van der Waals surface area (Å²) in [6, 6.07) is 13.0. The lowest BCUT2D eigenvalue weighted by Crippen LogP contribution is -2.29. The lowest BCUT2D eigenvalue weighted by molar-refractivity contribution is -0.117. The van der Waals surface area contributed by atoms with Crippen molar-refractivity contribution < 1.29 is 18.7 Å². The van der Waals surface area contributed by atoms with Crippen LogP contribution in [0.4, 0.5) is 10.1 Å². The van der Waals surface area contributed by atoms with Gasteiger partial charge < -0.3 is 15.4 Å². The van der Waals surface area contributed by atoms with E-state index < -0.39 is 0 Å². The molecular weight excluding hydrogens is 421 g/mol. The molecule has 0 atom stereocenters. The molecule has 0 bridgehead atoms. The Morgan fingerprint density at radius 3 is 2.68 bits per heavy atom. The van der Waals surface area contributed by atoms with Gasteiger partial charge >= 0.3 is 0 Å². The number of aromatic nitrogens is 2. The number of likely N-dealkylation sites (N-methyl/N-ethyl adjacent to an activating group) is 1. The first-order valence-corrected chi connectivity index (χ1v) is 10.2. The SMILES string of the molecule is COc1cccc(NC(=O)CN(C)Cc2nnc(C(=O)NCc3ccc(F)cc3)s2)c1. The van der Waals surface area contributed by atoms with Crippen molar-refractivity contribution >= 4 is 28.8 Å². The molecule has 2 aromatic carbocycles. The molecule has 2 N–H and O–H groups in total. The normalized spacial score (nSPS) is 10.7. The minimum absolute atomic E-state index is 0.142. The number of rotatable bonds is 9. The summed E-state index contributed by atoms with van der Waals surface area (Å²) in [5.74, 6) is -0.209. The van der Waals surface area contributed by atoms with E-state index >= 15 is 0 Å². The van der Waals surface area contributed by atoms with E-state index in [2.05, 4.69) is 20.8 Å². The van der Waals surface area contributed by atoms with Crippen molar-refractivity contribution in [2.24, 2.45) is 0 Å². The van der Waals surface area contributed by atoms with Crippen LogP contribution in [0.2, 0.25) is 0 Å². The highest BCUT2D eigenvalue weighted by atomic mass is 32.1. The minimum Gasteiger partial charge on any atom is -0.497 e. The number of hydrogen-bond acceptors (Lipinski definition) is 7. The fourth-order valence-corrected chi connectivity index (χ4v) is 3.54.